The van der Waals surface area contributed by atoms with E-state index in [-0.39, 0.29) is 28.8 Å². The summed E-state index contributed by atoms with van der Waals surface area (Å²) in [7, 11) is 0. The summed E-state index contributed by atoms with van der Waals surface area (Å²) in [6.45, 7) is 2.40. The molecule has 0 saturated heterocycles. The standard InChI is InChI=1S/C18H16O5/c1-2-7-22-14-9-13(20)10-15-17(14)18(21)16(23-15)8-11-3-5-12(19)6-4-11/h3-6,8-10,19-20H,2,7H2,1H3. The first-order chi connectivity index (χ1) is 11.1. The van der Waals surface area contributed by atoms with E-state index in [0.717, 1.165) is 12.0 Å². The minimum atomic E-state index is -0.292. The topological polar surface area (TPSA) is 76.0 Å². The molecule has 5 nitrogen and oxygen atoms in total. The normalized spacial score (nSPS) is 14.7. The number of ketones is 1. The summed E-state index contributed by atoms with van der Waals surface area (Å²) in [6, 6.07) is 9.21. The summed E-state index contributed by atoms with van der Waals surface area (Å²) in [4.78, 5) is 12.6. The van der Waals surface area contributed by atoms with Crippen molar-refractivity contribution in [1.82, 2.24) is 0 Å². The maximum atomic E-state index is 12.6. The SMILES string of the molecule is CCCOc1cc(O)cc2c1C(=O)C(=Cc1ccc(O)cc1)O2. The number of hydrogen-bond donors (Lipinski definition) is 2. The Morgan fingerprint density at radius 3 is 2.57 bits per heavy atom. The number of allylic oxidation sites excluding steroid dienone is 1. The van der Waals surface area contributed by atoms with Gasteiger partial charge < -0.3 is 19.7 Å². The minimum Gasteiger partial charge on any atom is -0.508 e. The van der Waals surface area contributed by atoms with E-state index in [1.807, 2.05) is 6.92 Å². The third-order valence-electron chi connectivity index (χ3n) is 3.37. The van der Waals surface area contributed by atoms with Gasteiger partial charge in [-0.25, -0.2) is 0 Å². The number of phenols is 2. The first-order valence-corrected chi connectivity index (χ1v) is 7.31. The molecule has 1 aliphatic heterocycles. The van der Waals surface area contributed by atoms with Crippen molar-refractivity contribution in [2.75, 3.05) is 6.61 Å². The van der Waals surface area contributed by atoms with Gasteiger partial charge in [-0.1, -0.05) is 19.1 Å². The number of carbonyl (C=O) groups excluding carboxylic acids is 1. The Bertz CT molecular complexity index is 775. The van der Waals surface area contributed by atoms with Crippen molar-refractivity contribution < 1.29 is 24.5 Å². The van der Waals surface area contributed by atoms with Gasteiger partial charge in [0, 0.05) is 12.1 Å². The number of benzene rings is 2. The molecule has 1 aliphatic rings. The van der Waals surface area contributed by atoms with Gasteiger partial charge in [0.25, 0.3) is 0 Å². The molecule has 0 saturated carbocycles. The average Bonchev–Trinajstić information content (AvgIpc) is 2.83. The number of rotatable bonds is 4. The number of fused-ring (bicyclic) bond motifs is 1. The largest absolute Gasteiger partial charge is 0.508 e. The van der Waals surface area contributed by atoms with Crippen LogP contribution in [-0.2, 0) is 0 Å². The van der Waals surface area contributed by atoms with E-state index >= 15 is 0 Å². The van der Waals surface area contributed by atoms with E-state index in [2.05, 4.69) is 0 Å². The molecule has 2 N–H and O–H groups in total. The maximum absolute atomic E-state index is 12.6. The van der Waals surface area contributed by atoms with Gasteiger partial charge in [0.05, 0.1) is 6.61 Å². The van der Waals surface area contributed by atoms with Crippen molar-refractivity contribution in [2.45, 2.75) is 13.3 Å². The number of ether oxygens (including phenoxy) is 2. The third kappa shape index (κ3) is 2.99. The molecule has 2 aromatic rings. The highest BCUT2D eigenvalue weighted by atomic mass is 16.5. The zero-order valence-corrected chi connectivity index (χ0v) is 12.6. The van der Waals surface area contributed by atoms with Gasteiger partial charge in [-0.3, -0.25) is 4.79 Å². The molecule has 118 valence electrons. The summed E-state index contributed by atoms with van der Waals surface area (Å²) in [5.74, 6) is 0.590. The monoisotopic (exact) mass is 312 g/mol. The van der Waals surface area contributed by atoms with Crippen molar-refractivity contribution >= 4 is 11.9 Å². The van der Waals surface area contributed by atoms with Crippen LogP contribution in [0.1, 0.15) is 29.3 Å². The van der Waals surface area contributed by atoms with Gasteiger partial charge in [-0.2, -0.15) is 0 Å². The first-order valence-electron chi connectivity index (χ1n) is 7.31. The van der Waals surface area contributed by atoms with E-state index in [1.165, 1.54) is 24.3 Å². The van der Waals surface area contributed by atoms with Crippen LogP contribution < -0.4 is 9.47 Å². The lowest BCUT2D eigenvalue weighted by atomic mass is 10.1. The molecule has 0 unspecified atom stereocenters. The van der Waals surface area contributed by atoms with Gasteiger partial charge in [0.1, 0.15) is 28.6 Å². The van der Waals surface area contributed by atoms with Gasteiger partial charge in [-0.15, -0.1) is 0 Å². The Kier molecular flexibility index (Phi) is 3.93. The van der Waals surface area contributed by atoms with Crippen LogP contribution in [0.3, 0.4) is 0 Å². The average molecular weight is 312 g/mol. The molecule has 0 fully saturated rings. The maximum Gasteiger partial charge on any atom is 0.235 e. The first kappa shape index (κ1) is 15.0. The second-order valence-corrected chi connectivity index (χ2v) is 5.20. The van der Waals surface area contributed by atoms with Gasteiger partial charge in [-0.05, 0) is 30.2 Å². The highest BCUT2D eigenvalue weighted by molar-refractivity contribution is 6.16. The van der Waals surface area contributed by atoms with Crippen molar-refractivity contribution in [3.05, 3.63) is 53.3 Å². The lowest BCUT2D eigenvalue weighted by Gasteiger charge is -2.08. The zero-order chi connectivity index (χ0) is 16.4. The minimum absolute atomic E-state index is 0.0199. The molecule has 5 heteroatoms. The Hall–Kier alpha value is -2.95. The fourth-order valence-corrected chi connectivity index (χ4v) is 2.31. The summed E-state index contributed by atoms with van der Waals surface area (Å²) < 4.78 is 11.1. The Morgan fingerprint density at radius 2 is 1.87 bits per heavy atom. The molecule has 2 aromatic carbocycles. The molecule has 3 rings (SSSR count). The van der Waals surface area contributed by atoms with Gasteiger partial charge in [0.15, 0.2) is 5.76 Å². The number of carbonyl (C=O) groups is 1. The van der Waals surface area contributed by atoms with E-state index < -0.39 is 0 Å². The number of phenolic OH excluding ortho intramolecular Hbond substituents is 2. The number of aromatic hydroxyl groups is 2. The molecule has 0 aromatic heterocycles. The van der Waals surface area contributed by atoms with Crippen LogP contribution >= 0.6 is 0 Å². The predicted octanol–water partition coefficient (Wildman–Crippen LogP) is 3.50. The Labute approximate surface area is 133 Å². The van der Waals surface area contributed by atoms with Crippen LogP contribution in [0.4, 0.5) is 0 Å². The fourth-order valence-electron chi connectivity index (χ4n) is 2.31. The van der Waals surface area contributed by atoms with Crippen molar-refractivity contribution in [1.29, 1.82) is 0 Å². The van der Waals surface area contributed by atoms with Gasteiger partial charge >= 0.3 is 0 Å². The van der Waals surface area contributed by atoms with Crippen molar-refractivity contribution in [3.63, 3.8) is 0 Å². The van der Waals surface area contributed by atoms with Crippen LogP contribution in [0.25, 0.3) is 6.08 Å². The quantitative estimate of drug-likeness (QED) is 0.845. The lowest BCUT2D eigenvalue weighted by molar-refractivity contribution is 0.101. The van der Waals surface area contributed by atoms with Gasteiger partial charge in [0.2, 0.25) is 5.78 Å². The Morgan fingerprint density at radius 1 is 1.13 bits per heavy atom. The predicted molar refractivity (Wildman–Crippen MR) is 84.9 cm³/mol. The summed E-state index contributed by atoms with van der Waals surface area (Å²) >= 11 is 0. The molecule has 1 heterocycles. The van der Waals surface area contributed by atoms with E-state index in [0.29, 0.717) is 17.9 Å². The highest BCUT2D eigenvalue weighted by Gasteiger charge is 2.32. The van der Waals surface area contributed by atoms with Crippen molar-refractivity contribution in [2.24, 2.45) is 0 Å². The molecular formula is C18H16O5. The molecule has 0 spiro atoms. The third-order valence-corrected chi connectivity index (χ3v) is 3.37. The van der Waals surface area contributed by atoms with Crippen LogP contribution in [0, 0.1) is 0 Å². The molecule has 0 amide bonds. The summed E-state index contributed by atoms with van der Waals surface area (Å²) in [5, 5.41) is 19.0. The van der Waals surface area contributed by atoms with E-state index in [1.54, 1.807) is 18.2 Å². The molecule has 0 radical (unpaired) electrons. The molecule has 0 aliphatic carbocycles. The van der Waals surface area contributed by atoms with Crippen LogP contribution in [0.15, 0.2) is 42.2 Å². The molecule has 0 atom stereocenters. The van der Waals surface area contributed by atoms with Crippen molar-refractivity contribution in [3.8, 4) is 23.0 Å². The molecule has 23 heavy (non-hydrogen) atoms. The van der Waals surface area contributed by atoms with Crippen LogP contribution in [0.5, 0.6) is 23.0 Å². The number of hydrogen-bond acceptors (Lipinski definition) is 5. The van der Waals surface area contributed by atoms with E-state index in [9.17, 15) is 15.0 Å². The second kappa shape index (κ2) is 6.04. The van der Waals surface area contributed by atoms with Crippen LogP contribution in [-0.4, -0.2) is 22.6 Å². The highest BCUT2D eigenvalue weighted by Crippen LogP contribution is 2.41. The second-order valence-electron chi connectivity index (χ2n) is 5.20. The lowest BCUT2D eigenvalue weighted by Crippen LogP contribution is -2.02. The Balaban J connectivity index is 1.96. The summed E-state index contributed by atoms with van der Waals surface area (Å²) in [5.41, 5.74) is 1.04. The van der Waals surface area contributed by atoms with E-state index in [4.69, 9.17) is 9.47 Å². The zero-order valence-electron chi connectivity index (χ0n) is 12.6. The van der Waals surface area contributed by atoms with Crippen LogP contribution in [0.2, 0.25) is 0 Å². The smallest absolute Gasteiger partial charge is 0.235 e. The summed E-state index contributed by atoms with van der Waals surface area (Å²) in [6.07, 6.45) is 2.37. The fraction of sp³-hybridized carbons (Fsp3) is 0.167. The molecule has 0 bridgehead atoms. The number of Topliss-reactive ketones (excluding diaryl/α,β-unsaturated/α-hetero) is 1. The molecular weight excluding hydrogens is 296 g/mol.